The predicted octanol–water partition coefficient (Wildman–Crippen LogP) is 7.83. The number of unbranched alkanes of at least 4 members (excludes halogenated alkanes) is 7. The lowest BCUT2D eigenvalue weighted by atomic mass is 9.84. The average molecular weight is 573 g/mol. The average Bonchev–Trinajstić information content (AvgIpc) is 3.00. The number of hydrogen-bond acceptors (Lipinski definition) is 6. The van der Waals surface area contributed by atoms with Crippen LogP contribution in [0.3, 0.4) is 0 Å². The van der Waals surface area contributed by atoms with Crippen molar-refractivity contribution < 1.29 is 33.7 Å². The lowest BCUT2D eigenvalue weighted by Gasteiger charge is -2.23. The maximum absolute atomic E-state index is 12.7. The van der Waals surface area contributed by atoms with Crippen LogP contribution in [0, 0.1) is 5.92 Å². The van der Waals surface area contributed by atoms with Gasteiger partial charge in [-0.2, -0.15) is 0 Å². The van der Waals surface area contributed by atoms with E-state index in [1.54, 1.807) is 30.3 Å². The Morgan fingerprint density at radius 3 is 2.02 bits per heavy atom. The third-order valence-electron chi connectivity index (χ3n) is 7.63. The summed E-state index contributed by atoms with van der Waals surface area (Å²) < 4.78 is 16.9. The number of rotatable bonds is 15. The van der Waals surface area contributed by atoms with Crippen molar-refractivity contribution in [2.24, 2.45) is 5.92 Å². The second kappa shape index (κ2) is 15.8. The minimum Gasteiger partial charge on any atom is -0.494 e. The van der Waals surface area contributed by atoms with Crippen LogP contribution in [0.2, 0.25) is 0 Å². The minimum absolute atomic E-state index is 0.133. The number of aryl methyl sites for hydroxylation is 1. The zero-order valence-electron chi connectivity index (χ0n) is 24.3. The van der Waals surface area contributed by atoms with Gasteiger partial charge in [0.25, 0.3) is 0 Å². The third kappa shape index (κ3) is 9.20. The summed E-state index contributed by atoms with van der Waals surface area (Å²) in [6.45, 7) is 2.91. The van der Waals surface area contributed by atoms with Crippen LogP contribution < -0.4 is 14.2 Å². The van der Waals surface area contributed by atoms with Crippen molar-refractivity contribution in [2.75, 3.05) is 6.61 Å². The van der Waals surface area contributed by atoms with Gasteiger partial charge in [0.1, 0.15) is 17.2 Å². The van der Waals surface area contributed by atoms with Crippen LogP contribution in [0.4, 0.5) is 0 Å². The normalized spacial score (nSPS) is 14.1. The highest BCUT2D eigenvalue weighted by atomic mass is 16.5. The maximum atomic E-state index is 12.7. The highest BCUT2D eigenvalue weighted by Crippen LogP contribution is 2.30. The fourth-order valence-electron chi connectivity index (χ4n) is 5.14. The molecule has 42 heavy (non-hydrogen) atoms. The molecule has 0 radical (unpaired) electrons. The summed E-state index contributed by atoms with van der Waals surface area (Å²) in [5, 5.41) is 9.02. The van der Waals surface area contributed by atoms with Gasteiger partial charge >= 0.3 is 17.9 Å². The third-order valence-corrected chi connectivity index (χ3v) is 7.63. The van der Waals surface area contributed by atoms with E-state index in [1.165, 1.54) is 69.2 Å². The van der Waals surface area contributed by atoms with E-state index in [9.17, 15) is 14.4 Å². The molecule has 1 aliphatic rings. The Labute approximate surface area is 247 Å². The molecule has 1 N–H and O–H groups in total. The quantitative estimate of drug-likeness (QED) is 0.113. The molecule has 3 aromatic carbocycles. The van der Waals surface area contributed by atoms with Gasteiger partial charge < -0.3 is 19.3 Å². The molecular formula is C35H40O7. The molecule has 0 saturated heterocycles. The van der Waals surface area contributed by atoms with E-state index >= 15 is 0 Å². The number of carboxylic acids is 1. The van der Waals surface area contributed by atoms with E-state index in [1.807, 2.05) is 12.1 Å². The number of ether oxygens (including phenoxy) is 3. The first kappa shape index (κ1) is 30.8. The molecular weight excluding hydrogens is 532 g/mol. The molecule has 0 bridgehead atoms. The Balaban J connectivity index is 1.21. The Hall–Kier alpha value is -4.13. The molecule has 7 heteroatoms. The zero-order chi connectivity index (χ0) is 29.7. The second-order valence-electron chi connectivity index (χ2n) is 10.9. The summed E-state index contributed by atoms with van der Waals surface area (Å²) in [7, 11) is 0. The molecule has 222 valence electrons. The molecule has 7 nitrogen and oxygen atoms in total. The van der Waals surface area contributed by atoms with Crippen LogP contribution in [0.5, 0.6) is 17.2 Å². The van der Waals surface area contributed by atoms with Crippen LogP contribution in [0.1, 0.15) is 96.6 Å². The van der Waals surface area contributed by atoms with E-state index < -0.39 is 11.9 Å². The first-order valence-corrected chi connectivity index (χ1v) is 15.0. The van der Waals surface area contributed by atoms with Crippen LogP contribution >= 0.6 is 0 Å². The van der Waals surface area contributed by atoms with Gasteiger partial charge in [-0.15, -0.1) is 0 Å². The van der Waals surface area contributed by atoms with Crippen molar-refractivity contribution in [3.05, 3.63) is 89.0 Å². The van der Waals surface area contributed by atoms with Crippen LogP contribution in [-0.4, -0.2) is 29.6 Å². The standard InChI is InChI=1S/C35H40O7/c1-2-3-4-5-6-7-8-9-22-40-30-17-14-26(15-18-30)34(38)42-32-21-16-27-23-29(11-10-28(27)24-32)35(39)41-31-19-12-25(13-20-31)33(36)37/h12-21,24,29H,2-11,22-23H2,1H3,(H,36,37). The molecule has 4 rings (SSSR count). The first-order valence-electron chi connectivity index (χ1n) is 15.0. The number of carbonyl (C=O) groups excluding carboxylic acids is 2. The van der Waals surface area contributed by atoms with Crippen LogP contribution in [0.25, 0.3) is 0 Å². The summed E-state index contributed by atoms with van der Waals surface area (Å²) in [6.07, 6.45) is 11.8. The van der Waals surface area contributed by atoms with E-state index in [4.69, 9.17) is 19.3 Å². The molecule has 0 spiro atoms. The van der Waals surface area contributed by atoms with Gasteiger partial charge in [-0.1, -0.05) is 57.9 Å². The molecule has 3 aromatic rings. The summed E-state index contributed by atoms with van der Waals surface area (Å²) in [4.78, 5) is 36.5. The van der Waals surface area contributed by atoms with Crippen molar-refractivity contribution >= 4 is 17.9 Å². The lowest BCUT2D eigenvalue weighted by molar-refractivity contribution is -0.139. The number of esters is 2. The number of carboxylic acid groups (broad SMARTS) is 1. The zero-order valence-corrected chi connectivity index (χ0v) is 24.3. The number of carbonyl (C=O) groups is 3. The second-order valence-corrected chi connectivity index (χ2v) is 10.9. The number of hydrogen-bond donors (Lipinski definition) is 1. The van der Waals surface area contributed by atoms with Gasteiger partial charge in [0, 0.05) is 0 Å². The SMILES string of the molecule is CCCCCCCCCCOc1ccc(C(=O)Oc2ccc3c(c2)CCC(C(=O)Oc2ccc(C(=O)O)cc2)C3)cc1. The molecule has 0 amide bonds. The van der Waals surface area contributed by atoms with Gasteiger partial charge in [-0.05, 0) is 97.5 Å². The fourth-order valence-corrected chi connectivity index (χ4v) is 5.14. The highest BCUT2D eigenvalue weighted by Gasteiger charge is 2.27. The van der Waals surface area contributed by atoms with Gasteiger partial charge in [0.05, 0.1) is 23.7 Å². The van der Waals surface area contributed by atoms with Gasteiger partial charge in [-0.25, -0.2) is 9.59 Å². The predicted molar refractivity (Wildman–Crippen MR) is 160 cm³/mol. The van der Waals surface area contributed by atoms with Gasteiger partial charge in [-0.3, -0.25) is 4.79 Å². The number of fused-ring (bicyclic) bond motifs is 1. The van der Waals surface area contributed by atoms with Crippen molar-refractivity contribution in [1.29, 1.82) is 0 Å². The van der Waals surface area contributed by atoms with Crippen molar-refractivity contribution in [3.63, 3.8) is 0 Å². The van der Waals surface area contributed by atoms with Crippen molar-refractivity contribution in [2.45, 2.75) is 77.6 Å². The number of aromatic carboxylic acids is 1. The fraction of sp³-hybridized carbons (Fsp3) is 0.400. The van der Waals surface area contributed by atoms with E-state index in [0.29, 0.717) is 42.9 Å². The Morgan fingerprint density at radius 2 is 1.33 bits per heavy atom. The summed E-state index contributed by atoms with van der Waals surface area (Å²) >= 11 is 0. The topological polar surface area (TPSA) is 99.1 Å². The first-order chi connectivity index (χ1) is 20.4. The van der Waals surface area contributed by atoms with E-state index in [0.717, 1.165) is 23.3 Å². The van der Waals surface area contributed by atoms with Crippen LogP contribution in [0.15, 0.2) is 66.7 Å². The Kier molecular flexibility index (Phi) is 11.6. The smallest absolute Gasteiger partial charge is 0.343 e. The Bertz CT molecular complexity index is 1330. The van der Waals surface area contributed by atoms with Gasteiger partial charge in [0.2, 0.25) is 0 Å². The minimum atomic E-state index is -1.03. The molecule has 0 saturated carbocycles. The molecule has 1 atom stereocenters. The number of benzene rings is 3. The molecule has 0 heterocycles. The maximum Gasteiger partial charge on any atom is 0.343 e. The Morgan fingerprint density at radius 1 is 0.714 bits per heavy atom. The molecule has 1 aliphatic carbocycles. The summed E-state index contributed by atoms with van der Waals surface area (Å²) in [5.74, 6) is -0.585. The summed E-state index contributed by atoms with van der Waals surface area (Å²) in [6, 6.07) is 18.3. The largest absolute Gasteiger partial charge is 0.494 e. The van der Waals surface area contributed by atoms with E-state index in [2.05, 4.69) is 6.92 Å². The monoisotopic (exact) mass is 572 g/mol. The molecule has 0 fully saturated rings. The van der Waals surface area contributed by atoms with E-state index in [-0.39, 0.29) is 17.5 Å². The van der Waals surface area contributed by atoms with Crippen LogP contribution in [-0.2, 0) is 17.6 Å². The van der Waals surface area contributed by atoms with Gasteiger partial charge in [0.15, 0.2) is 0 Å². The lowest BCUT2D eigenvalue weighted by Crippen LogP contribution is -2.26. The van der Waals surface area contributed by atoms with Crippen molar-refractivity contribution in [1.82, 2.24) is 0 Å². The molecule has 0 aromatic heterocycles. The highest BCUT2D eigenvalue weighted by molar-refractivity contribution is 5.91. The summed E-state index contributed by atoms with van der Waals surface area (Å²) in [5.41, 5.74) is 2.64. The molecule has 1 unspecified atom stereocenters. The van der Waals surface area contributed by atoms with Crippen molar-refractivity contribution in [3.8, 4) is 17.2 Å². The molecule has 0 aliphatic heterocycles.